The zero-order chi connectivity index (χ0) is 21.1. The lowest BCUT2D eigenvalue weighted by Gasteiger charge is -2.32. The van der Waals surface area contributed by atoms with Crippen LogP contribution in [0.15, 0.2) is 54.9 Å². The van der Waals surface area contributed by atoms with Crippen molar-refractivity contribution in [2.75, 3.05) is 23.3 Å². The Hall–Kier alpha value is -2.99. The van der Waals surface area contributed by atoms with Gasteiger partial charge in [-0.3, -0.25) is 4.79 Å². The fourth-order valence-corrected chi connectivity index (χ4v) is 3.74. The van der Waals surface area contributed by atoms with Crippen LogP contribution < -0.4 is 10.2 Å². The highest BCUT2D eigenvalue weighted by Crippen LogP contribution is 2.25. The predicted octanol–water partition coefficient (Wildman–Crippen LogP) is 5.10. The first kappa shape index (κ1) is 20.3. The van der Waals surface area contributed by atoms with Crippen LogP contribution >= 0.6 is 11.6 Å². The van der Waals surface area contributed by atoms with Crippen molar-refractivity contribution in [2.24, 2.45) is 5.92 Å². The molecule has 0 unspecified atom stereocenters. The number of piperidine rings is 1. The molecule has 30 heavy (non-hydrogen) atoms. The molecule has 2 aromatic carbocycles. The Morgan fingerprint density at radius 2 is 1.87 bits per heavy atom. The number of aryl methyl sites for hydroxylation is 1. The zero-order valence-corrected chi connectivity index (χ0v) is 17.4. The van der Waals surface area contributed by atoms with Crippen LogP contribution in [0.5, 0.6) is 0 Å². The van der Waals surface area contributed by atoms with Crippen molar-refractivity contribution in [1.29, 1.82) is 0 Å². The standard InChI is InChI=1S/C23H22ClFN4O/c1-15-4-9-20(11-21(15)24)28-22(30)17-3-2-10-29(14-17)23-26-12-18(13-27-23)16-5-7-19(25)8-6-16/h4-9,11-13,17H,2-3,10,14H2,1H3,(H,28,30)/t17-/m1/s1. The number of amides is 1. The van der Waals surface area contributed by atoms with Crippen LogP contribution in [0.3, 0.4) is 0 Å². The summed E-state index contributed by atoms with van der Waals surface area (Å²) in [5.74, 6) is 0.139. The highest BCUT2D eigenvalue weighted by molar-refractivity contribution is 6.31. The number of carbonyl (C=O) groups excluding carboxylic acids is 1. The highest BCUT2D eigenvalue weighted by Gasteiger charge is 2.27. The van der Waals surface area contributed by atoms with Gasteiger partial charge in [-0.15, -0.1) is 0 Å². The lowest BCUT2D eigenvalue weighted by atomic mass is 9.97. The summed E-state index contributed by atoms with van der Waals surface area (Å²) < 4.78 is 13.1. The Balaban J connectivity index is 1.42. The molecule has 1 saturated heterocycles. The summed E-state index contributed by atoms with van der Waals surface area (Å²) in [4.78, 5) is 23.7. The molecule has 154 valence electrons. The molecule has 0 saturated carbocycles. The SMILES string of the molecule is Cc1ccc(NC(=O)[C@@H]2CCCN(c3ncc(-c4ccc(F)cc4)cn3)C2)cc1Cl. The molecule has 3 aromatic rings. The van der Waals surface area contributed by atoms with Crippen LogP contribution in [0.4, 0.5) is 16.0 Å². The van der Waals surface area contributed by atoms with Crippen LogP contribution in [0, 0.1) is 18.7 Å². The van der Waals surface area contributed by atoms with Gasteiger partial charge in [0, 0.05) is 41.8 Å². The number of hydrogen-bond acceptors (Lipinski definition) is 4. The lowest BCUT2D eigenvalue weighted by molar-refractivity contribution is -0.120. The summed E-state index contributed by atoms with van der Waals surface area (Å²) >= 11 is 6.16. The first-order chi connectivity index (χ1) is 14.5. The van der Waals surface area contributed by atoms with E-state index in [2.05, 4.69) is 15.3 Å². The maximum absolute atomic E-state index is 13.1. The Bertz CT molecular complexity index is 1040. The second-order valence-corrected chi connectivity index (χ2v) is 7.92. The van der Waals surface area contributed by atoms with E-state index in [1.54, 1.807) is 30.6 Å². The molecule has 1 fully saturated rings. The molecule has 7 heteroatoms. The molecule has 0 radical (unpaired) electrons. The third-order valence-corrected chi connectivity index (χ3v) is 5.74. The average Bonchev–Trinajstić information content (AvgIpc) is 2.77. The maximum Gasteiger partial charge on any atom is 0.229 e. The number of rotatable bonds is 4. The number of aromatic nitrogens is 2. The largest absolute Gasteiger partial charge is 0.340 e. The van der Waals surface area contributed by atoms with Crippen LogP contribution in [-0.2, 0) is 4.79 Å². The minimum absolute atomic E-state index is 0.0254. The van der Waals surface area contributed by atoms with E-state index in [1.165, 1.54) is 12.1 Å². The maximum atomic E-state index is 13.1. The number of carbonyl (C=O) groups is 1. The van der Waals surface area contributed by atoms with E-state index in [1.807, 2.05) is 24.0 Å². The first-order valence-corrected chi connectivity index (χ1v) is 10.3. The molecule has 1 N–H and O–H groups in total. The van der Waals surface area contributed by atoms with Crippen LogP contribution in [0.25, 0.3) is 11.1 Å². The Kier molecular flexibility index (Phi) is 5.95. The summed E-state index contributed by atoms with van der Waals surface area (Å²) in [6.45, 7) is 3.28. The van der Waals surface area contributed by atoms with Crippen molar-refractivity contribution in [2.45, 2.75) is 19.8 Å². The first-order valence-electron chi connectivity index (χ1n) is 9.89. The molecule has 1 atom stereocenters. The van der Waals surface area contributed by atoms with Gasteiger partial charge in [0.15, 0.2) is 0 Å². The monoisotopic (exact) mass is 424 g/mol. The predicted molar refractivity (Wildman–Crippen MR) is 117 cm³/mol. The summed E-state index contributed by atoms with van der Waals surface area (Å²) in [6, 6.07) is 11.8. The molecule has 1 aliphatic rings. The van der Waals surface area contributed by atoms with Crippen LogP contribution in [-0.4, -0.2) is 29.0 Å². The fourth-order valence-electron chi connectivity index (χ4n) is 3.56. The fraction of sp³-hybridized carbons (Fsp3) is 0.261. The molecule has 1 aliphatic heterocycles. The van der Waals surface area contributed by atoms with E-state index in [4.69, 9.17) is 11.6 Å². The van der Waals surface area contributed by atoms with Gasteiger partial charge in [-0.25, -0.2) is 14.4 Å². The molecule has 0 bridgehead atoms. The summed E-state index contributed by atoms with van der Waals surface area (Å²) in [5.41, 5.74) is 3.35. The van der Waals surface area contributed by atoms with Gasteiger partial charge >= 0.3 is 0 Å². The molecule has 0 spiro atoms. The average molecular weight is 425 g/mol. The van der Waals surface area contributed by atoms with Gasteiger partial charge in [-0.1, -0.05) is 29.8 Å². The van der Waals surface area contributed by atoms with E-state index >= 15 is 0 Å². The molecule has 1 aromatic heterocycles. The Morgan fingerprint density at radius 1 is 1.13 bits per heavy atom. The van der Waals surface area contributed by atoms with E-state index in [0.29, 0.717) is 23.2 Å². The third kappa shape index (κ3) is 4.60. The van der Waals surface area contributed by atoms with Gasteiger partial charge in [-0.2, -0.15) is 0 Å². The third-order valence-electron chi connectivity index (χ3n) is 5.33. The van der Waals surface area contributed by atoms with Gasteiger partial charge in [0.2, 0.25) is 11.9 Å². The number of benzene rings is 2. The van der Waals surface area contributed by atoms with Gasteiger partial charge in [0.1, 0.15) is 5.82 Å². The lowest BCUT2D eigenvalue weighted by Crippen LogP contribution is -2.41. The molecule has 1 amide bonds. The Morgan fingerprint density at radius 3 is 2.57 bits per heavy atom. The smallest absolute Gasteiger partial charge is 0.229 e. The zero-order valence-electron chi connectivity index (χ0n) is 16.6. The summed E-state index contributed by atoms with van der Waals surface area (Å²) in [5, 5.41) is 3.60. The molecule has 0 aliphatic carbocycles. The summed E-state index contributed by atoms with van der Waals surface area (Å²) in [7, 11) is 0. The van der Waals surface area contributed by atoms with E-state index in [0.717, 1.165) is 36.1 Å². The topological polar surface area (TPSA) is 58.1 Å². The van der Waals surface area contributed by atoms with E-state index < -0.39 is 0 Å². The minimum atomic E-state index is -0.276. The molecule has 5 nitrogen and oxygen atoms in total. The number of nitrogens with one attached hydrogen (secondary N) is 1. The van der Waals surface area contributed by atoms with Crippen molar-refractivity contribution < 1.29 is 9.18 Å². The van der Waals surface area contributed by atoms with E-state index in [9.17, 15) is 9.18 Å². The number of halogens is 2. The van der Waals surface area contributed by atoms with Gasteiger partial charge < -0.3 is 10.2 Å². The van der Waals surface area contributed by atoms with Gasteiger partial charge in [-0.05, 0) is 55.2 Å². The summed E-state index contributed by atoms with van der Waals surface area (Å²) in [6.07, 6.45) is 5.16. The van der Waals surface area contributed by atoms with Crippen molar-refractivity contribution in [3.63, 3.8) is 0 Å². The van der Waals surface area contributed by atoms with Crippen LogP contribution in [0.1, 0.15) is 18.4 Å². The number of hydrogen-bond donors (Lipinski definition) is 1. The highest BCUT2D eigenvalue weighted by atomic mass is 35.5. The minimum Gasteiger partial charge on any atom is -0.340 e. The van der Waals surface area contributed by atoms with Gasteiger partial charge in [0.25, 0.3) is 0 Å². The van der Waals surface area contributed by atoms with Crippen molar-refractivity contribution in [3.05, 3.63) is 71.3 Å². The van der Waals surface area contributed by atoms with Crippen molar-refractivity contribution >= 4 is 29.1 Å². The second kappa shape index (κ2) is 8.79. The van der Waals surface area contributed by atoms with Crippen LogP contribution in [0.2, 0.25) is 5.02 Å². The molecular weight excluding hydrogens is 403 g/mol. The van der Waals surface area contributed by atoms with Gasteiger partial charge in [0.05, 0.1) is 5.92 Å². The van der Waals surface area contributed by atoms with E-state index in [-0.39, 0.29) is 17.6 Å². The Labute approximate surface area is 179 Å². The molecular formula is C23H22ClFN4O. The number of nitrogens with zero attached hydrogens (tertiary/aromatic N) is 3. The number of anilines is 2. The second-order valence-electron chi connectivity index (χ2n) is 7.52. The normalized spacial score (nSPS) is 16.4. The quantitative estimate of drug-likeness (QED) is 0.633. The van der Waals surface area contributed by atoms with Crippen molar-refractivity contribution in [1.82, 2.24) is 9.97 Å². The molecule has 2 heterocycles. The molecule has 4 rings (SSSR count). The van der Waals surface area contributed by atoms with Crippen molar-refractivity contribution in [3.8, 4) is 11.1 Å².